The first-order valence-corrected chi connectivity index (χ1v) is 5.53. The molecule has 0 amide bonds. The lowest BCUT2D eigenvalue weighted by atomic mass is 9.80. The summed E-state index contributed by atoms with van der Waals surface area (Å²) in [5.74, 6) is 0. The van der Waals surface area contributed by atoms with Gasteiger partial charge >= 0.3 is 0 Å². The number of rotatable bonds is 4. The number of aromatic nitrogens is 1. The summed E-state index contributed by atoms with van der Waals surface area (Å²) in [6, 6.07) is 0. The van der Waals surface area contributed by atoms with Gasteiger partial charge in [-0.1, -0.05) is 0 Å². The fraction of sp³-hybridized carbons (Fsp3) is 0.667. The monoisotopic (exact) mass is 198 g/mol. The highest BCUT2D eigenvalue weighted by Gasteiger charge is 2.33. The van der Waals surface area contributed by atoms with Gasteiger partial charge in [0.1, 0.15) is 0 Å². The Hall–Kier alpha value is -0.450. The van der Waals surface area contributed by atoms with Crippen LogP contribution in [0.3, 0.4) is 0 Å². The van der Waals surface area contributed by atoms with E-state index in [0.717, 1.165) is 31.5 Å². The molecule has 1 aliphatic rings. The van der Waals surface area contributed by atoms with Crippen molar-refractivity contribution in [3.8, 4) is 0 Å². The van der Waals surface area contributed by atoms with Crippen LogP contribution < -0.4 is 5.32 Å². The van der Waals surface area contributed by atoms with E-state index in [1.165, 1.54) is 0 Å². The first kappa shape index (κ1) is 9.12. The van der Waals surface area contributed by atoms with Gasteiger partial charge in [-0.25, -0.2) is 4.98 Å². The zero-order valence-corrected chi connectivity index (χ0v) is 8.31. The standard InChI is InChI=1S/C9H14N2OS/c12-9(2-1-3-9)6-10-4-8-5-13-7-11-8/h5,7,10,12H,1-4,6H2. The summed E-state index contributed by atoms with van der Waals surface area (Å²) in [4.78, 5) is 4.15. The van der Waals surface area contributed by atoms with Crippen LogP contribution in [0, 0.1) is 0 Å². The van der Waals surface area contributed by atoms with E-state index in [4.69, 9.17) is 0 Å². The molecule has 0 spiro atoms. The minimum absolute atomic E-state index is 0.421. The number of nitrogens with zero attached hydrogens (tertiary/aromatic N) is 1. The molecule has 1 saturated carbocycles. The Morgan fingerprint density at radius 2 is 2.46 bits per heavy atom. The number of hydrogen-bond donors (Lipinski definition) is 2. The molecule has 1 fully saturated rings. The molecule has 72 valence electrons. The highest BCUT2D eigenvalue weighted by atomic mass is 32.1. The van der Waals surface area contributed by atoms with Crippen LogP contribution in [0.1, 0.15) is 25.0 Å². The van der Waals surface area contributed by atoms with Crippen LogP contribution >= 0.6 is 11.3 Å². The Bertz CT molecular complexity index is 257. The summed E-state index contributed by atoms with van der Waals surface area (Å²) in [6.45, 7) is 1.47. The Morgan fingerprint density at radius 3 is 3.00 bits per heavy atom. The minimum atomic E-state index is -0.421. The third-order valence-corrected chi connectivity index (χ3v) is 3.16. The molecule has 0 aliphatic heterocycles. The molecule has 0 aromatic carbocycles. The molecule has 1 aliphatic carbocycles. The lowest BCUT2D eigenvalue weighted by molar-refractivity contribution is -0.0315. The summed E-state index contributed by atoms with van der Waals surface area (Å²) in [7, 11) is 0. The molecule has 1 aromatic rings. The molecule has 0 radical (unpaired) electrons. The van der Waals surface area contributed by atoms with E-state index in [0.29, 0.717) is 6.54 Å². The highest BCUT2D eigenvalue weighted by molar-refractivity contribution is 7.07. The fourth-order valence-corrected chi connectivity index (χ4v) is 2.07. The van der Waals surface area contributed by atoms with Gasteiger partial charge in [-0.2, -0.15) is 0 Å². The van der Waals surface area contributed by atoms with Crippen molar-refractivity contribution in [1.29, 1.82) is 0 Å². The minimum Gasteiger partial charge on any atom is -0.389 e. The van der Waals surface area contributed by atoms with Gasteiger partial charge in [0.15, 0.2) is 0 Å². The summed E-state index contributed by atoms with van der Waals surface area (Å²) >= 11 is 1.60. The largest absolute Gasteiger partial charge is 0.389 e. The zero-order valence-electron chi connectivity index (χ0n) is 7.49. The number of nitrogens with one attached hydrogen (secondary N) is 1. The van der Waals surface area contributed by atoms with Crippen LogP contribution in [-0.2, 0) is 6.54 Å². The first-order valence-electron chi connectivity index (χ1n) is 4.59. The van der Waals surface area contributed by atoms with Crippen LogP contribution in [0.4, 0.5) is 0 Å². The van der Waals surface area contributed by atoms with Crippen LogP contribution in [0.5, 0.6) is 0 Å². The molecule has 0 unspecified atom stereocenters. The molecule has 13 heavy (non-hydrogen) atoms. The van der Waals surface area contributed by atoms with Gasteiger partial charge in [0.05, 0.1) is 16.8 Å². The molecule has 1 aromatic heterocycles. The topological polar surface area (TPSA) is 45.1 Å². The van der Waals surface area contributed by atoms with Crippen molar-refractivity contribution in [2.45, 2.75) is 31.4 Å². The molecule has 3 nitrogen and oxygen atoms in total. The van der Waals surface area contributed by atoms with E-state index in [1.807, 2.05) is 10.9 Å². The van der Waals surface area contributed by atoms with Crippen molar-refractivity contribution in [1.82, 2.24) is 10.3 Å². The maximum atomic E-state index is 9.76. The SMILES string of the molecule is OC1(CNCc2cscn2)CCC1. The van der Waals surface area contributed by atoms with Gasteiger partial charge in [0, 0.05) is 18.5 Å². The Labute approximate surface area is 81.8 Å². The molecular weight excluding hydrogens is 184 g/mol. The van der Waals surface area contributed by atoms with Crippen molar-refractivity contribution < 1.29 is 5.11 Å². The van der Waals surface area contributed by atoms with E-state index < -0.39 is 5.60 Å². The Morgan fingerprint density at radius 1 is 1.62 bits per heavy atom. The van der Waals surface area contributed by atoms with Crippen molar-refractivity contribution in [2.24, 2.45) is 0 Å². The second-order valence-electron chi connectivity index (χ2n) is 3.66. The number of hydrogen-bond acceptors (Lipinski definition) is 4. The first-order chi connectivity index (χ1) is 6.29. The average Bonchev–Trinajstić information content (AvgIpc) is 2.54. The molecule has 2 N–H and O–H groups in total. The molecule has 0 saturated heterocycles. The predicted molar refractivity (Wildman–Crippen MR) is 52.6 cm³/mol. The van der Waals surface area contributed by atoms with Gasteiger partial charge in [-0.05, 0) is 19.3 Å². The van der Waals surface area contributed by atoms with E-state index in [2.05, 4.69) is 10.3 Å². The molecule has 0 atom stereocenters. The molecule has 1 heterocycles. The Balaban J connectivity index is 1.69. The molecule has 2 rings (SSSR count). The fourth-order valence-electron chi connectivity index (χ4n) is 1.51. The van der Waals surface area contributed by atoms with E-state index in [1.54, 1.807) is 11.3 Å². The number of thiazole rings is 1. The van der Waals surface area contributed by atoms with E-state index >= 15 is 0 Å². The third kappa shape index (κ3) is 2.27. The highest BCUT2D eigenvalue weighted by Crippen LogP contribution is 2.30. The summed E-state index contributed by atoms with van der Waals surface area (Å²) in [6.07, 6.45) is 3.04. The predicted octanol–water partition coefficient (Wildman–Crippen LogP) is 1.15. The van der Waals surface area contributed by atoms with Crippen molar-refractivity contribution in [2.75, 3.05) is 6.54 Å². The van der Waals surface area contributed by atoms with E-state index in [9.17, 15) is 5.11 Å². The quantitative estimate of drug-likeness (QED) is 0.763. The van der Waals surface area contributed by atoms with Gasteiger partial charge < -0.3 is 10.4 Å². The van der Waals surface area contributed by atoms with Crippen LogP contribution in [0.2, 0.25) is 0 Å². The van der Waals surface area contributed by atoms with Crippen molar-refractivity contribution in [3.05, 3.63) is 16.6 Å². The molecule has 4 heteroatoms. The zero-order chi connectivity index (χ0) is 9.15. The maximum Gasteiger partial charge on any atom is 0.0795 e. The van der Waals surface area contributed by atoms with Gasteiger partial charge in [0.2, 0.25) is 0 Å². The number of aliphatic hydroxyl groups is 1. The van der Waals surface area contributed by atoms with Gasteiger partial charge in [0.25, 0.3) is 0 Å². The molecule has 0 bridgehead atoms. The van der Waals surface area contributed by atoms with E-state index in [-0.39, 0.29) is 0 Å². The van der Waals surface area contributed by atoms with Crippen LogP contribution in [-0.4, -0.2) is 22.2 Å². The summed E-state index contributed by atoms with van der Waals surface area (Å²) < 4.78 is 0. The van der Waals surface area contributed by atoms with Gasteiger partial charge in [-0.3, -0.25) is 0 Å². The van der Waals surface area contributed by atoms with Gasteiger partial charge in [-0.15, -0.1) is 11.3 Å². The third-order valence-electron chi connectivity index (χ3n) is 2.53. The van der Waals surface area contributed by atoms with Crippen LogP contribution in [0.15, 0.2) is 10.9 Å². The maximum absolute atomic E-state index is 9.76. The summed E-state index contributed by atoms with van der Waals surface area (Å²) in [5.41, 5.74) is 2.47. The summed E-state index contributed by atoms with van der Waals surface area (Å²) in [5, 5.41) is 15.0. The van der Waals surface area contributed by atoms with Crippen molar-refractivity contribution >= 4 is 11.3 Å². The van der Waals surface area contributed by atoms with Crippen molar-refractivity contribution in [3.63, 3.8) is 0 Å². The second kappa shape index (κ2) is 3.74. The normalized spacial score (nSPS) is 19.8. The molecular formula is C9H14N2OS. The smallest absolute Gasteiger partial charge is 0.0795 e. The second-order valence-corrected chi connectivity index (χ2v) is 4.38. The van der Waals surface area contributed by atoms with Crippen LogP contribution in [0.25, 0.3) is 0 Å². The average molecular weight is 198 g/mol. The lowest BCUT2D eigenvalue weighted by Gasteiger charge is -2.36. The lowest BCUT2D eigenvalue weighted by Crippen LogP contribution is -2.45. The Kier molecular flexibility index (Phi) is 2.62.